The van der Waals surface area contributed by atoms with Crippen LogP contribution in [0.4, 0.5) is 0 Å². The second kappa shape index (κ2) is 13.3. The van der Waals surface area contributed by atoms with Crippen LogP contribution in [0.3, 0.4) is 0 Å². The van der Waals surface area contributed by atoms with Crippen molar-refractivity contribution in [3.05, 3.63) is 35.9 Å². The zero-order valence-electron chi connectivity index (χ0n) is 15.8. The minimum Gasteiger partial charge on any atom is -0.375 e. The number of guanidine groups is 1. The maximum absolute atomic E-state index is 11.9. The van der Waals surface area contributed by atoms with Gasteiger partial charge in [0, 0.05) is 26.7 Å². The van der Waals surface area contributed by atoms with Crippen LogP contribution in [0.15, 0.2) is 35.3 Å². The first kappa shape index (κ1) is 24.1. The average molecular weight is 510 g/mol. The topological polar surface area (TPSA) is 91.8 Å². The summed E-state index contributed by atoms with van der Waals surface area (Å²) >= 11 is 0. The molecule has 1 aliphatic carbocycles. The van der Waals surface area contributed by atoms with Crippen molar-refractivity contribution in [2.75, 3.05) is 39.0 Å². The van der Waals surface area contributed by atoms with Gasteiger partial charge in [0.05, 0.1) is 19.0 Å². The van der Waals surface area contributed by atoms with Crippen molar-refractivity contribution in [1.29, 1.82) is 0 Å². The summed E-state index contributed by atoms with van der Waals surface area (Å²) in [4.78, 5) is 4.08. The smallest absolute Gasteiger partial charge is 0.213 e. The van der Waals surface area contributed by atoms with Gasteiger partial charge < -0.3 is 15.4 Å². The molecule has 7 nitrogen and oxygen atoms in total. The number of hydrogen-bond acceptors (Lipinski definition) is 4. The number of rotatable bonds is 11. The van der Waals surface area contributed by atoms with Crippen molar-refractivity contribution in [3.8, 4) is 0 Å². The Bertz CT molecular complexity index is 652. The van der Waals surface area contributed by atoms with Gasteiger partial charge in [-0.25, -0.2) is 13.1 Å². The molecule has 0 atom stereocenters. The Morgan fingerprint density at radius 2 is 1.89 bits per heavy atom. The highest BCUT2D eigenvalue weighted by Gasteiger charge is 2.19. The Morgan fingerprint density at radius 1 is 1.19 bits per heavy atom. The van der Waals surface area contributed by atoms with E-state index >= 15 is 0 Å². The Kier molecular flexibility index (Phi) is 11.9. The van der Waals surface area contributed by atoms with Crippen LogP contribution in [0.2, 0.25) is 0 Å². The molecule has 1 aromatic rings. The van der Waals surface area contributed by atoms with Crippen LogP contribution in [0.5, 0.6) is 0 Å². The van der Waals surface area contributed by atoms with E-state index < -0.39 is 10.0 Å². The molecule has 27 heavy (non-hydrogen) atoms. The van der Waals surface area contributed by atoms with Gasteiger partial charge in [0.15, 0.2) is 5.96 Å². The summed E-state index contributed by atoms with van der Waals surface area (Å²) in [5.74, 6) is 1.12. The summed E-state index contributed by atoms with van der Waals surface area (Å²) in [6, 6.07) is 9.99. The van der Waals surface area contributed by atoms with E-state index in [0.29, 0.717) is 44.7 Å². The van der Waals surface area contributed by atoms with E-state index in [1.807, 2.05) is 30.3 Å². The van der Waals surface area contributed by atoms with Gasteiger partial charge in [0.1, 0.15) is 0 Å². The predicted octanol–water partition coefficient (Wildman–Crippen LogP) is 1.71. The van der Waals surface area contributed by atoms with Crippen molar-refractivity contribution in [2.24, 2.45) is 10.9 Å². The molecule has 0 saturated heterocycles. The molecular formula is C18H31IN4O3S. The highest BCUT2D eigenvalue weighted by atomic mass is 127. The first-order chi connectivity index (χ1) is 12.6. The molecule has 9 heteroatoms. The van der Waals surface area contributed by atoms with Crippen molar-refractivity contribution >= 4 is 40.0 Å². The molecule has 0 aromatic heterocycles. The summed E-state index contributed by atoms with van der Waals surface area (Å²) in [5, 5.41) is 6.12. The van der Waals surface area contributed by atoms with E-state index in [-0.39, 0.29) is 29.7 Å². The molecule has 1 aromatic carbocycles. The Labute approximate surface area is 179 Å². The van der Waals surface area contributed by atoms with Crippen molar-refractivity contribution in [2.45, 2.75) is 25.9 Å². The second-order valence-corrected chi connectivity index (χ2v) is 8.35. The van der Waals surface area contributed by atoms with Crippen molar-refractivity contribution < 1.29 is 13.2 Å². The highest BCUT2D eigenvalue weighted by Crippen LogP contribution is 2.25. The van der Waals surface area contributed by atoms with Crippen molar-refractivity contribution in [1.82, 2.24) is 15.4 Å². The monoisotopic (exact) mass is 510 g/mol. The minimum absolute atomic E-state index is 0. The SMILES string of the molecule is CN=C(NCCOCc1ccccc1)NCCS(=O)(=O)NCC1CCC1.I. The Balaban J connectivity index is 0.00000364. The molecule has 0 aliphatic heterocycles. The fourth-order valence-electron chi connectivity index (χ4n) is 2.54. The standard InChI is InChI=1S/C18H30N4O3S.HI/c1-19-18(20-10-12-25-15-17-6-3-2-4-7-17)21-11-13-26(23,24)22-14-16-8-5-9-16;/h2-4,6-7,16,22H,5,8-15H2,1H3,(H2,19,20,21);1H. The Hall–Kier alpha value is -0.910. The third kappa shape index (κ3) is 10.3. The molecule has 0 unspecified atom stereocenters. The summed E-state index contributed by atoms with van der Waals surface area (Å²) in [6.07, 6.45) is 3.47. The molecule has 1 saturated carbocycles. The fraction of sp³-hybridized carbons (Fsp3) is 0.611. The lowest BCUT2D eigenvalue weighted by atomic mass is 9.86. The third-order valence-corrected chi connectivity index (χ3v) is 5.70. The van der Waals surface area contributed by atoms with Crippen LogP contribution in [0.25, 0.3) is 0 Å². The zero-order valence-corrected chi connectivity index (χ0v) is 19.0. The van der Waals surface area contributed by atoms with E-state index in [2.05, 4.69) is 20.3 Å². The number of benzene rings is 1. The van der Waals surface area contributed by atoms with Gasteiger partial charge in [-0.1, -0.05) is 36.8 Å². The van der Waals surface area contributed by atoms with Gasteiger partial charge in [-0.05, 0) is 24.3 Å². The molecule has 0 bridgehead atoms. The summed E-state index contributed by atoms with van der Waals surface area (Å²) in [6.45, 7) is 2.58. The fourth-order valence-corrected chi connectivity index (χ4v) is 3.55. The first-order valence-electron chi connectivity index (χ1n) is 9.12. The molecule has 1 aliphatic rings. The first-order valence-corrected chi connectivity index (χ1v) is 10.8. The van der Waals surface area contributed by atoms with Crippen LogP contribution in [-0.2, 0) is 21.4 Å². The van der Waals surface area contributed by atoms with Crippen LogP contribution in [0, 0.1) is 5.92 Å². The Morgan fingerprint density at radius 3 is 2.52 bits per heavy atom. The average Bonchev–Trinajstić information content (AvgIpc) is 2.59. The van der Waals surface area contributed by atoms with Crippen LogP contribution < -0.4 is 15.4 Å². The zero-order chi connectivity index (χ0) is 18.7. The molecule has 0 radical (unpaired) electrons. The lowest BCUT2D eigenvalue weighted by molar-refractivity contribution is 0.125. The number of aliphatic imine (C=N–C) groups is 1. The molecule has 154 valence electrons. The molecule has 0 spiro atoms. The largest absolute Gasteiger partial charge is 0.375 e. The van der Waals surface area contributed by atoms with E-state index in [4.69, 9.17) is 4.74 Å². The van der Waals surface area contributed by atoms with E-state index in [9.17, 15) is 8.42 Å². The van der Waals surface area contributed by atoms with Crippen LogP contribution in [0.1, 0.15) is 24.8 Å². The van der Waals surface area contributed by atoms with Gasteiger partial charge in [-0.15, -0.1) is 24.0 Å². The normalized spacial score (nSPS) is 14.9. The molecule has 3 N–H and O–H groups in total. The quantitative estimate of drug-likeness (QED) is 0.183. The number of sulfonamides is 1. The van der Waals surface area contributed by atoms with Gasteiger partial charge in [-0.2, -0.15) is 0 Å². The lowest BCUT2D eigenvalue weighted by Gasteiger charge is -2.25. The number of halogens is 1. The van der Waals surface area contributed by atoms with Crippen LogP contribution in [-0.4, -0.2) is 53.4 Å². The van der Waals surface area contributed by atoms with E-state index in [0.717, 1.165) is 18.4 Å². The van der Waals surface area contributed by atoms with Gasteiger partial charge in [0.2, 0.25) is 10.0 Å². The summed E-state index contributed by atoms with van der Waals surface area (Å²) in [7, 11) is -1.58. The number of ether oxygens (including phenoxy) is 1. The number of nitrogens with one attached hydrogen (secondary N) is 3. The van der Waals surface area contributed by atoms with Gasteiger partial charge in [-0.3, -0.25) is 4.99 Å². The number of nitrogens with zero attached hydrogens (tertiary/aromatic N) is 1. The summed E-state index contributed by atoms with van der Waals surface area (Å²) < 4.78 is 32.2. The van der Waals surface area contributed by atoms with E-state index in [1.54, 1.807) is 7.05 Å². The minimum atomic E-state index is -3.24. The molecule has 0 heterocycles. The van der Waals surface area contributed by atoms with Gasteiger partial charge >= 0.3 is 0 Å². The lowest BCUT2D eigenvalue weighted by Crippen LogP contribution is -2.42. The van der Waals surface area contributed by atoms with Crippen LogP contribution >= 0.6 is 24.0 Å². The molecule has 2 rings (SSSR count). The van der Waals surface area contributed by atoms with Gasteiger partial charge in [0.25, 0.3) is 0 Å². The molecular weight excluding hydrogens is 479 g/mol. The van der Waals surface area contributed by atoms with E-state index in [1.165, 1.54) is 6.42 Å². The van der Waals surface area contributed by atoms with Crippen molar-refractivity contribution in [3.63, 3.8) is 0 Å². The maximum atomic E-state index is 11.9. The summed E-state index contributed by atoms with van der Waals surface area (Å²) in [5.41, 5.74) is 1.13. The molecule has 0 amide bonds. The number of hydrogen-bond donors (Lipinski definition) is 3. The maximum Gasteiger partial charge on any atom is 0.213 e. The third-order valence-electron chi connectivity index (χ3n) is 4.35. The highest BCUT2D eigenvalue weighted by molar-refractivity contribution is 14.0. The predicted molar refractivity (Wildman–Crippen MR) is 120 cm³/mol. The molecule has 1 fully saturated rings. The second-order valence-electron chi connectivity index (χ2n) is 6.43.